The van der Waals surface area contributed by atoms with Gasteiger partial charge < -0.3 is 9.88 Å². The molecule has 0 bridgehead atoms. The normalized spacial score (nSPS) is 17.0. The maximum atomic E-state index is 4.76. The molecule has 1 fully saturated rings. The summed E-state index contributed by atoms with van der Waals surface area (Å²) in [6, 6.07) is 21.1. The van der Waals surface area contributed by atoms with Crippen molar-refractivity contribution in [2.24, 2.45) is 5.92 Å². The van der Waals surface area contributed by atoms with E-state index in [1.54, 1.807) is 0 Å². The van der Waals surface area contributed by atoms with Crippen LogP contribution in [-0.2, 0) is 6.54 Å². The average Bonchev–Trinajstić information content (AvgIpc) is 3.33. The minimum Gasteiger partial charge on any atom is -0.330 e. The highest BCUT2D eigenvalue weighted by atomic mass is 15.1. The number of nitrogens with one attached hydrogen (secondary N) is 1. The van der Waals surface area contributed by atoms with Crippen molar-refractivity contribution < 1.29 is 0 Å². The second-order valence-electron chi connectivity index (χ2n) is 6.87. The predicted octanol–water partition coefficient (Wildman–Crippen LogP) is 4.61. The first kappa shape index (κ1) is 16.1. The molecular formula is C22H25N3. The lowest BCUT2D eigenvalue weighted by Gasteiger charge is -2.12. The molecule has 3 nitrogen and oxygen atoms in total. The van der Waals surface area contributed by atoms with Gasteiger partial charge in [0.25, 0.3) is 0 Å². The summed E-state index contributed by atoms with van der Waals surface area (Å²) in [5.74, 6) is 0.845. The fraction of sp³-hybridized carbons (Fsp3) is 0.318. The predicted molar refractivity (Wildman–Crippen MR) is 103 cm³/mol. The Morgan fingerprint density at radius 2 is 1.68 bits per heavy atom. The molecule has 0 spiro atoms. The van der Waals surface area contributed by atoms with Crippen molar-refractivity contribution in [3.63, 3.8) is 0 Å². The number of rotatable bonds is 6. The van der Waals surface area contributed by atoms with Crippen molar-refractivity contribution in [1.82, 2.24) is 14.9 Å². The van der Waals surface area contributed by atoms with Gasteiger partial charge in [0.05, 0.1) is 17.7 Å². The number of hydrogen-bond donors (Lipinski definition) is 1. The highest BCUT2D eigenvalue weighted by Gasteiger charge is 2.16. The van der Waals surface area contributed by atoms with E-state index in [4.69, 9.17) is 4.98 Å². The van der Waals surface area contributed by atoms with Crippen LogP contribution in [0.25, 0.3) is 22.5 Å². The van der Waals surface area contributed by atoms with E-state index in [0.717, 1.165) is 18.2 Å². The van der Waals surface area contributed by atoms with Crippen LogP contribution in [0.1, 0.15) is 19.3 Å². The second-order valence-corrected chi connectivity index (χ2v) is 6.87. The molecule has 1 unspecified atom stereocenters. The number of aryl methyl sites for hydroxylation is 1. The van der Waals surface area contributed by atoms with Crippen LogP contribution in [0.2, 0.25) is 0 Å². The van der Waals surface area contributed by atoms with E-state index in [9.17, 15) is 0 Å². The molecule has 1 saturated heterocycles. The first-order chi connectivity index (χ1) is 12.4. The fourth-order valence-electron chi connectivity index (χ4n) is 3.77. The largest absolute Gasteiger partial charge is 0.330 e. The van der Waals surface area contributed by atoms with Crippen LogP contribution >= 0.6 is 0 Å². The van der Waals surface area contributed by atoms with Gasteiger partial charge >= 0.3 is 0 Å². The number of nitrogens with zero attached hydrogens (tertiary/aromatic N) is 2. The summed E-state index contributed by atoms with van der Waals surface area (Å²) in [7, 11) is 0. The van der Waals surface area contributed by atoms with Gasteiger partial charge in [0, 0.05) is 17.7 Å². The molecule has 1 aliphatic rings. The molecule has 1 aliphatic heterocycles. The van der Waals surface area contributed by atoms with Crippen LogP contribution in [0.3, 0.4) is 0 Å². The van der Waals surface area contributed by atoms with Crippen molar-refractivity contribution in [1.29, 1.82) is 0 Å². The molecule has 4 rings (SSSR count). The van der Waals surface area contributed by atoms with Crippen LogP contribution in [0.5, 0.6) is 0 Å². The lowest BCUT2D eigenvalue weighted by atomic mass is 10.0. The Labute approximate surface area is 149 Å². The first-order valence-electron chi connectivity index (χ1n) is 9.28. The van der Waals surface area contributed by atoms with E-state index < -0.39 is 0 Å². The maximum Gasteiger partial charge on any atom is 0.0963 e. The zero-order chi connectivity index (χ0) is 16.9. The van der Waals surface area contributed by atoms with Gasteiger partial charge in [-0.25, -0.2) is 4.98 Å². The third-order valence-electron chi connectivity index (χ3n) is 5.11. The van der Waals surface area contributed by atoms with Gasteiger partial charge in [-0.05, 0) is 38.3 Å². The Hall–Kier alpha value is -2.39. The average molecular weight is 331 g/mol. The minimum absolute atomic E-state index is 0.845. The third-order valence-corrected chi connectivity index (χ3v) is 5.11. The zero-order valence-electron chi connectivity index (χ0n) is 14.6. The summed E-state index contributed by atoms with van der Waals surface area (Å²) < 4.78 is 2.33. The van der Waals surface area contributed by atoms with Gasteiger partial charge in [-0.2, -0.15) is 0 Å². The monoisotopic (exact) mass is 331 g/mol. The molecule has 25 heavy (non-hydrogen) atoms. The Kier molecular flexibility index (Phi) is 4.93. The Morgan fingerprint density at radius 3 is 2.36 bits per heavy atom. The van der Waals surface area contributed by atoms with Crippen LogP contribution in [-0.4, -0.2) is 22.6 Å². The molecule has 2 aromatic carbocycles. The third kappa shape index (κ3) is 3.67. The SMILES string of the molecule is c1ccc(-c2ncn(CCCC3CCNC3)c2-c2ccccc2)cc1. The van der Waals surface area contributed by atoms with Crippen molar-refractivity contribution in [2.45, 2.75) is 25.8 Å². The highest BCUT2D eigenvalue weighted by Crippen LogP contribution is 2.31. The lowest BCUT2D eigenvalue weighted by Crippen LogP contribution is -2.09. The number of imidazole rings is 1. The molecule has 1 N–H and O–H groups in total. The van der Waals surface area contributed by atoms with Crippen LogP contribution in [0.15, 0.2) is 67.0 Å². The summed E-state index contributed by atoms with van der Waals surface area (Å²) in [4.78, 5) is 4.76. The van der Waals surface area contributed by atoms with Crippen LogP contribution < -0.4 is 5.32 Å². The van der Waals surface area contributed by atoms with Gasteiger partial charge in [-0.15, -0.1) is 0 Å². The van der Waals surface area contributed by atoms with Crippen molar-refractivity contribution in [3.8, 4) is 22.5 Å². The van der Waals surface area contributed by atoms with Gasteiger partial charge in [-0.3, -0.25) is 0 Å². The fourth-order valence-corrected chi connectivity index (χ4v) is 3.77. The van der Waals surface area contributed by atoms with E-state index in [0.29, 0.717) is 0 Å². The molecule has 1 aromatic heterocycles. The summed E-state index contributed by atoms with van der Waals surface area (Å²) in [6.07, 6.45) is 5.83. The van der Waals surface area contributed by atoms with Crippen molar-refractivity contribution >= 4 is 0 Å². The Balaban J connectivity index is 1.61. The van der Waals surface area contributed by atoms with E-state index in [2.05, 4.69) is 70.5 Å². The topological polar surface area (TPSA) is 29.9 Å². The Morgan fingerprint density at radius 1 is 0.960 bits per heavy atom. The maximum absolute atomic E-state index is 4.76. The summed E-state index contributed by atoms with van der Waals surface area (Å²) in [6.45, 7) is 3.40. The molecule has 0 amide bonds. The van der Waals surface area contributed by atoms with E-state index >= 15 is 0 Å². The molecule has 128 valence electrons. The summed E-state index contributed by atoms with van der Waals surface area (Å²) in [5.41, 5.74) is 4.73. The Bertz CT molecular complexity index is 787. The van der Waals surface area contributed by atoms with Gasteiger partial charge in [-0.1, -0.05) is 60.7 Å². The molecule has 2 heterocycles. The molecule has 3 heteroatoms. The molecule has 0 saturated carbocycles. The van der Waals surface area contributed by atoms with Crippen LogP contribution in [0, 0.1) is 5.92 Å². The molecule has 3 aromatic rings. The van der Waals surface area contributed by atoms with E-state index in [1.807, 2.05) is 6.33 Å². The highest BCUT2D eigenvalue weighted by molar-refractivity contribution is 5.78. The first-order valence-corrected chi connectivity index (χ1v) is 9.28. The molecule has 0 aliphatic carbocycles. The quantitative estimate of drug-likeness (QED) is 0.715. The number of hydrogen-bond acceptors (Lipinski definition) is 2. The summed E-state index contributed by atoms with van der Waals surface area (Å²) in [5, 5.41) is 3.46. The van der Waals surface area contributed by atoms with Gasteiger partial charge in [0.15, 0.2) is 0 Å². The van der Waals surface area contributed by atoms with Crippen molar-refractivity contribution in [3.05, 3.63) is 67.0 Å². The molecular weight excluding hydrogens is 306 g/mol. The van der Waals surface area contributed by atoms with Crippen molar-refractivity contribution in [2.75, 3.05) is 13.1 Å². The standard InChI is InChI=1S/C22H25N3/c1-3-9-19(10-4-1)21-22(20-11-5-2-6-12-20)25(17-24-21)15-7-8-18-13-14-23-16-18/h1-6,9-12,17-18,23H,7-8,13-16H2. The zero-order valence-corrected chi connectivity index (χ0v) is 14.6. The second kappa shape index (κ2) is 7.66. The molecule has 1 atom stereocenters. The van der Waals surface area contributed by atoms with E-state index in [-0.39, 0.29) is 0 Å². The minimum atomic E-state index is 0.845. The molecule has 0 radical (unpaired) electrons. The summed E-state index contributed by atoms with van der Waals surface area (Å²) >= 11 is 0. The number of aromatic nitrogens is 2. The van der Waals surface area contributed by atoms with Crippen LogP contribution in [0.4, 0.5) is 0 Å². The van der Waals surface area contributed by atoms with Gasteiger partial charge in [0.2, 0.25) is 0 Å². The smallest absolute Gasteiger partial charge is 0.0963 e. The lowest BCUT2D eigenvalue weighted by molar-refractivity contribution is 0.480. The van der Waals surface area contributed by atoms with Gasteiger partial charge in [0.1, 0.15) is 0 Å². The number of benzene rings is 2. The van der Waals surface area contributed by atoms with E-state index in [1.165, 1.54) is 49.2 Å².